The van der Waals surface area contributed by atoms with Crippen LogP contribution < -0.4 is 14.9 Å². The van der Waals surface area contributed by atoms with E-state index in [4.69, 9.17) is 9.47 Å². The molecule has 0 aliphatic carbocycles. The van der Waals surface area contributed by atoms with Gasteiger partial charge in [-0.2, -0.15) is 5.10 Å². The highest BCUT2D eigenvalue weighted by Crippen LogP contribution is 2.27. The zero-order chi connectivity index (χ0) is 19.9. The minimum Gasteiger partial charge on any atom is -0.496 e. The molecule has 3 aromatic carbocycles. The molecule has 0 aliphatic rings. The van der Waals surface area contributed by atoms with Crippen molar-refractivity contribution in [2.75, 3.05) is 13.7 Å². The Morgan fingerprint density at radius 2 is 1.71 bits per heavy atom. The van der Waals surface area contributed by atoms with Crippen LogP contribution in [0.15, 0.2) is 65.8 Å². The van der Waals surface area contributed by atoms with Gasteiger partial charge in [0, 0.05) is 10.9 Å². The van der Waals surface area contributed by atoms with Gasteiger partial charge in [0.2, 0.25) is 0 Å². The van der Waals surface area contributed by atoms with Crippen molar-refractivity contribution in [3.63, 3.8) is 0 Å². The number of nitrogens with one attached hydrogen (secondary N) is 1. The number of amides is 1. The minimum atomic E-state index is -0.312. The van der Waals surface area contributed by atoms with Gasteiger partial charge >= 0.3 is 0 Å². The van der Waals surface area contributed by atoms with E-state index in [0.29, 0.717) is 5.92 Å². The molecule has 1 amide bonds. The van der Waals surface area contributed by atoms with Crippen molar-refractivity contribution >= 4 is 22.9 Å². The summed E-state index contributed by atoms with van der Waals surface area (Å²) in [6.07, 6.45) is 1.63. The van der Waals surface area contributed by atoms with Crippen LogP contribution in [0.1, 0.15) is 30.9 Å². The molecular weight excluding hydrogens is 352 g/mol. The van der Waals surface area contributed by atoms with Gasteiger partial charge in [0.25, 0.3) is 5.91 Å². The average molecular weight is 376 g/mol. The fourth-order valence-electron chi connectivity index (χ4n) is 3.02. The first kappa shape index (κ1) is 19.4. The van der Waals surface area contributed by atoms with Gasteiger partial charge in [-0.05, 0) is 35.1 Å². The normalized spacial score (nSPS) is 11.1. The summed E-state index contributed by atoms with van der Waals surface area (Å²) in [6, 6.07) is 19.4. The third-order valence-electron chi connectivity index (χ3n) is 4.43. The Hall–Kier alpha value is -3.34. The molecule has 0 saturated carbocycles. The Labute approximate surface area is 165 Å². The van der Waals surface area contributed by atoms with Gasteiger partial charge in [-0.15, -0.1) is 0 Å². The molecule has 0 aliphatic heterocycles. The van der Waals surface area contributed by atoms with Crippen LogP contribution >= 0.6 is 0 Å². The molecule has 28 heavy (non-hydrogen) atoms. The number of hydrazone groups is 1. The lowest BCUT2D eigenvalue weighted by atomic mass is 10.0. The Morgan fingerprint density at radius 3 is 2.46 bits per heavy atom. The molecule has 1 N–H and O–H groups in total. The number of nitrogens with zero attached hydrogens (tertiary/aromatic N) is 1. The fourth-order valence-corrected chi connectivity index (χ4v) is 3.02. The second kappa shape index (κ2) is 9.04. The standard InChI is InChI=1S/C23H24N2O3/c1-16(2)18-8-6-7-11-22(18)28-15-23(26)25-24-14-17-12-13-21(27-3)20-10-5-4-9-19(17)20/h4-14,16H,15H2,1-3H3,(H,25,26)/b24-14+. The molecule has 0 fully saturated rings. The van der Waals surface area contributed by atoms with Crippen LogP contribution in [0.2, 0.25) is 0 Å². The Bertz CT molecular complexity index is 996. The highest BCUT2D eigenvalue weighted by atomic mass is 16.5. The summed E-state index contributed by atoms with van der Waals surface area (Å²) in [5, 5.41) is 6.07. The summed E-state index contributed by atoms with van der Waals surface area (Å²) >= 11 is 0. The van der Waals surface area contributed by atoms with Gasteiger partial charge in [0.05, 0.1) is 13.3 Å². The van der Waals surface area contributed by atoms with Gasteiger partial charge in [-0.3, -0.25) is 4.79 Å². The molecule has 0 radical (unpaired) electrons. The van der Waals surface area contributed by atoms with E-state index in [1.807, 2.05) is 60.7 Å². The molecular formula is C23H24N2O3. The maximum Gasteiger partial charge on any atom is 0.277 e. The first-order chi connectivity index (χ1) is 13.6. The van der Waals surface area contributed by atoms with Crippen molar-refractivity contribution in [1.82, 2.24) is 5.43 Å². The number of para-hydroxylation sites is 1. The smallest absolute Gasteiger partial charge is 0.277 e. The molecule has 0 saturated heterocycles. The zero-order valence-corrected chi connectivity index (χ0v) is 16.3. The molecule has 5 nitrogen and oxygen atoms in total. The van der Waals surface area contributed by atoms with E-state index in [0.717, 1.165) is 33.4 Å². The van der Waals surface area contributed by atoms with Crippen molar-refractivity contribution in [3.05, 3.63) is 71.8 Å². The summed E-state index contributed by atoms with van der Waals surface area (Å²) in [4.78, 5) is 12.1. The van der Waals surface area contributed by atoms with Crippen LogP contribution in [0.3, 0.4) is 0 Å². The van der Waals surface area contributed by atoms with Crippen molar-refractivity contribution in [2.45, 2.75) is 19.8 Å². The van der Waals surface area contributed by atoms with E-state index in [9.17, 15) is 4.79 Å². The number of hydrogen-bond donors (Lipinski definition) is 1. The second-order valence-electron chi connectivity index (χ2n) is 6.68. The fraction of sp³-hybridized carbons (Fsp3) is 0.217. The first-order valence-corrected chi connectivity index (χ1v) is 9.19. The third-order valence-corrected chi connectivity index (χ3v) is 4.43. The first-order valence-electron chi connectivity index (χ1n) is 9.19. The number of hydrogen-bond acceptors (Lipinski definition) is 4. The quantitative estimate of drug-likeness (QED) is 0.488. The molecule has 0 atom stereocenters. The Kier molecular flexibility index (Phi) is 6.27. The maximum absolute atomic E-state index is 12.1. The molecule has 5 heteroatoms. The molecule has 3 aromatic rings. The molecule has 0 bridgehead atoms. The molecule has 3 rings (SSSR count). The third kappa shape index (κ3) is 4.49. The van der Waals surface area contributed by atoms with E-state index < -0.39 is 0 Å². The van der Waals surface area contributed by atoms with E-state index >= 15 is 0 Å². The Balaban J connectivity index is 1.64. The highest BCUT2D eigenvalue weighted by molar-refractivity contribution is 6.02. The summed E-state index contributed by atoms with van der Waals surface area (Å²) in [5.74, 6) is 1.53. The average Bonchev–Trinajstić information content (AvgIpc) is 2.72. The van der Waals surface area contributed by atoms with Crippen LogP contribution in [-0.4, -0.2) is 25.8 Å². The van der Waals surface area contributed by atoms with Crippen molar-refractivity contribution in [1.29, 1.82) is 0 Å². The van der Waals surface area contributed by atoms with Crippen LogP contribution in [0.4, 0.5) is 0 Å². The predicted molar refractivity (Wildman–Crippen MR) is 112 cm³/mol. The number of methoxy groups -OCH3 is 1. The van der Waals surface area contributed by atoms with Crippen LogP contribution in [-0.2, 0) is 4.79 Å². The topological polar surface area (TPSA) is 59.9 Å². The van der Waals surface area contributed by atoms with Crippen LogP contribution in [0.5, 0.6) is 11.5 Å². The number of carbonyl (C=O) groups excluding carboxylic acids is 1. The molecule has 0 spiro atoms. The molecule has 144 valence electrons. The summed E-state index contributed by atoms with van der Waals surface area (Å²) in [5.41, 5.74) is 4.48. The van der Waals surface area contributed by atoms with Crippen molar-refractivity contribution in [2.24, 2.45) is 5.10 Å². The van der Waals surface area contributed by atoms with E-state index in [-0.39, 0.29) is 12.5 Å². The van der Waals surface area contributed by atoms with E-state index in [1.54, 1.807) is 13.3 Å². The van der Waals surface area contributed by atoms with Gasteiger partial charge in [0.15, 0.2) is 6.61 Å². The van der Waals surface area contributed by atoms with E-state index in [2.05, 4.69) is 24.4 Å². The number of ether oxygens (including phenoxy) is 2. The monoisotopic (exact) mass is 376 g/mol. The second-order valence-corrected chi connectivity index (χ2v) is 6.68. The van der Waals surface area contributed by atoms with Gasteiger partial charge in [-0.1, -0.05) is 56.3 Å². The number of rotatable bonds is 7. The number of benzene rings is 3. The summed E-state index contributed by atoms with van der Waals surface area (Å²) in [7, 11) is 1.65. The summed E-state index contributed by atoms with van der Waals surface area (Å²) in [6.45, 7) is 4.09. The lowest BCUT2D eigenvalue weighted by Gasteiger charge is -2.13. The number of fused-ring (bicyclic) bond motifs is 1. The lowest BCUT2D eigenvalue weighted by Crippen LogP contribution is -2.24. The molecule has 0 aromatic heterocycles. The largest absolute Gasteiger partial charge is 0.496 e. The van der Waals surface area contributed by atoms with Crippen molar-refractivity contribution < 1.29 is 14.3 Å². The van der Waals surface area contributed by atoms with Gasteiger partial charge < -0.3 is 9.47 Å². The Morgan fingerprint density at radius 1 is 1.00 bits per heavy atom. The number of carbonyl (C=O) groups is 1. The molecule has 0 heterocycles. The predicted octanol–water partition coefficient (Wildman–Crippen LogP) is 4.50. The van der Waals surface area contributed by atoms with Gasteiger partial charge in [-0.25, -0.2) is 5.43 Å². The minimum absolute atomic E-state index is 0.0928. The van der Waals surface area contributed by atoms with Crippen LogP contribution in [0, 0.1) is 0 Å². The van der Waals surface area contributed by atoms with E-state index in [1.165, 1.54) is 0 Å². The summed E-state index contributed by atoms with van der Waals surface area (Å²) < 4.78 is 11.1. The van der Waals surface area contributed by atoms with Gasteiger partial charge in [0.1, 0.15) is 11.5 Å². The maximum atomic E-state index is 12.1. The van der Waals surface area contributed by atoms with Crippen LogP contribution in [0.25, 0.3) is 10.8 Å². The SMILES string of the molecule is COc1ccc(/C=N/NC(=O)COc2ccccc2C(C)C)c2ccccc12. The molecule has 0 unspecified atom stereocenters. The van der Waals surface area contributed by atoms with Crippen molar-refractivity contribution in [3.8, 4) is 11.5 Å². The zero-order valence-electron chi connectivity index (χ0n) is 16.3. The lowest BCUT2D eigenvalue weighted by molar-refractivity contribution is -0.123. The highest BCUT2D eigenvalue weighted by Gasteiger charge is 2.09.